The van der Waals surface area contributed by atoms with Gasteiger partial charge in [-0.3, -0.25) is 9.59 Å². The smallest absolute Gasteiger partial charge is 0.387 e. The second kappa shape index (κ2) is 10.1. The van der Waals surface area contributed by atoms with E-state index in [1.807, 2.05) is 0 Å². The summed E-state index contributed by atoms with van der Waals surface area (Å²) in [6, 6.07) is 10.1. The van der Waals surface area contributed by atoms with Crippen LogP contribution in [0.1, 0.15) is 40.0 Å². The van der Waals surface area contributed by atoms with Crippen LogP contribution in [0.15, 0.2) is 48.5 Å². The molecule has 0 aromatic heterocycles. The third kappa shape index (κ3) is 6.34. The quantitative estimate of drug-likeness (QED) is 0.609. The predicted octanol–water partition coefficient (Wildman–Crippen LogP) is 3.97. The maximum atomic E-state index is 12.5. The van der Waals surface area contributed by atoms with E-state index in [1.165, 1.54) is 48.5 Å². The molecule has 0 heterocycles. The minimum absolute atomic E-state index is 0.134. The van der Waals surface area contributed by atoms with E-state index in [4.69, 9.17) is 0 Å². The lowest BCUT2D eigenvalue weighted by molar-refractivity contribution is -0.0505. The largest absolute Gasteiger partial charge is 0.435 e. The van der Waals surface area contributed by atoms with Crippen LogP contribution in [0, 0.1) is 0 Å². The van der Waals surface area contributed by atoms with Gasteiger partial charge in [0, 0.05) is 23.2 Å². The maximum absolute atomic E-state index is 12.5. The fourth-order valence-electron chi connectivity index (χ4n) is 3.44. The predicted molar refractivity (Wildman–Crippen MR) is 103 cm³/mol. The first-order chi connectivity index (χ1) is 14.8. The van der Waals surface area contributed by atoms with E-state index in [-0.39, 0.29) is 34.7 Å². The molecule has 0 saturated heterocycles. The number of hydrogen-bond donors (Lipinski definition) is 2. The molecule has 0 radical (unpaired) electrons. The second-order valence-electron chi connectivity index (χ2n) is 6.90. The van der Waals surface area contributed by atoms with Crippen LogP contribution in [0.3, 0.4) is 0 Å². The van der Waals surface area contributed by atoms with Gasteiger partial charge in [-0.2, -0.15) is 17.6 Å². The minimum Gasteiger partial charge on any atom is -0.435 e. The van der Waals surface area contributed by atoms with Gasteiger partial charge in [0.05, 0.1) is 0 Å². The highest BCUT2D eigenvalue weighted by atomic mass is 19.3. The number of carbonyl (C=O) groups is 2. The zero-order chi connectivity index (χ0) is 22.4. The van der Waals surface area contributed by atoms with Gasteiger partial charge in [0.2, 0.25) is 0 Å². The van der Waals surface area contributed by atoms with E-state index >= 15 is 0 Å². The Morgan fingerprint density at radius 3 is 1.58 bits per heavy atom. The van der Waals surface area contributed by atoms with E-state index in [0.29, 0.717) is 12.8 Å². The zero-order valence-electron chi connectivity index (χ0n) is 16.2. The van der Waals surface area contributed by atoms with Gasteiger partial charge >= 0.3 is 13.2 Å². The Bertz CT molecular complexity index is 852. The van der Waals surface area contributed by atoms with Gasteiger partial charge in [-0.05, 0) is 55.7 Å². The molecule has 2 amide bonds. The molecule has 0 spiro atoms. The standard InChI is InChI=1S/C21H20F4N2O4/c22-20(23)30-14-6-1-4-12(10-14)18(28)26-16-8-3-9-17(16)27-19(29)13-5-2-7-15(11-13)31-21(24)25/h1-2,4-7,10-11,16-17,20-21H,3,8-9H2,(H,26,28)(H,27,29). The lowest BCUT2D eigenvalue weighted by Gasteiger charge is -2.22. The van der Waals surface area contributed by atoms with Gasteiger partial charge in [0.15, 0.2) is 0 Å². The number of carbonyl (C=O) groups excluding carboxylic acids is 2. The fraction of sp³-hybridized carbons (Fsp3) is 0.333. The third-order valence-electron chi connectivity index (χ3n) is 4.79. The number of hydrogen-bond acceptors (Lipinski definition) is 4. The Hall–Kier alpha value is -3.30. The molecule has 2 aromatic rings. The molecule has 2 unspecified atom stereocenters. The van der Waals surface area contributed by atoms with Crippen molar-refractivity contribution in [1.29, 1.82) is 0 Å². The molecule has 2 aromatic carbocycles. The van der Waals surface area contributed by atoms with Gasteiger partial charge in [-0.25, -0.2) is 0 Å². The van der Waals surface area contributed by atoms with E-state index in [0.717, 1.165) is 6.42 Å². The number of rotatable bonds is 8. The number of nitrogens with one attached hydrogen (secondary N) is 2. The first-order valence-electron chi connectivity index (χ1n) is 9.53. The van der Waals surface area contributed by atoms with E-state index in [1.54, 1.807) is 0 Å². The molecule has 0 bridgehead atoms. The summed E-state index contributed by atoms with van der Waals surface area (Å²) in [5.74, 6) is -1.24. The molecule has 1 fully saturated rings. The number of benzene rings is 2. The van der Waals surface area contributed by atoms with Crippen molar-refractivity contribution in [3.63, 3.8) is 0 Å². The van der Waals surface area contributed by atoms with Crippen molar-refractivity contribution in [2.75, 3.05) is 0 Å². The second-order valence-corrected chi connectivity index (χ2v) is 6.90. The van der Waals surface area contributed by atoms with Crippen LogP contribution in [-0.4, -0.2) is 37.1 Å². The van der Waals surface area contributed by atoms with Crippen LogP contribution in [0.5, 0.6) is 11.5 Å². The highest BCUT2D eigenvalue weighted by Crippen LogP contribution is 2.22. The van der Waals surface area contributed by atoms with Crippen LogP contribution in [0.4, 0.5) is 17.6 Å². The SMILES string of the molecule is O=C(NC1CCCC1NC(=O)c1cccc(OC(F)F)c1)c1cccc(OC(F)F)c1. The summed E-state index contributed by atoms with van der Waals surface area (Å²) in [6.45, 7) is -6.00. The summed E-state index contributed by atoms with van der Waals surface area (Å²) in [4.78, 5) is 25.1. The Kier molecular flexibility index (Phi) is 7.32. The number of alkyl halides is 4. The Labute approximate surface area is 175 Å². The molecular weight excluding hydrogens is 420 g/mol. The van der Waals surface area contributed by atoms with Crippen molar-refractivity contribution < 1.29 is 36.6 Å². The molecule has 2 N–H and O–H groups in total. The Morgan fingerprint density at radius 1 is 0.774 bits per heavy atom. The molecular formula is C21H20F4N2O4. The van der Waals surface area contributed by atoms with Crippen molar-refractivity contribution in [3.05, 3.63) is 59.7 Å². The number of halogens is 4. The van der Waals surface area contributed by atoms with Gasteiger partial charge in [0.25, 0.3) is 11.8 Å². The molecule has 6 nitrogen and oxygen atoms in total. The summed E-state index contributed by atoms with van der Waals surface area (Å²) in [6.07, 6.45) is 1.97. The summed E-state index contributed by atoms with van der Waals surface area (Å²) < 4.78 is 58.1. The van der Waals surface area contributed by atoms with Gasteiger partial charge < -0.3 is 20.1 Å². The summed E-state index contributed by atoms with van der Waals surface area (Å²) in [7, 11) is 0. The molecule has 31 heavy (non-hydrogen) atoms. The van der Waals surface area contributed by atoms with Crippen LogP contribution < -0.4 is 20.1 Å². The van der Waals surface area contributed by atoms with Crippen LogP contribution in [0.2, 0.25) is 0 Å². The summed E-state index contributed by atoms with van der Waals surface area (Å²) >= 11 is 0. The molecule has 1 saturated carbocycles. The van der Waals surface area contributed by atoms with Crippen LogP contribution in [-0.2, 0) is 0 Å². The van der Waals surface area contributed by atoms with Crippen molar-refractivity contribution in [2.45, 2.75) is 44.6 Å². The lowest BCUT2D eigenvalue weighted by atomic mass is 10.1. The van der Waals surface area contributed by atoms with Crippen LogP contribution >= 0.6 is 0 Å². The average molecular weight is 440 g/mol. The zero-order valence-corrected chi connectivity index (χ0v) is 16.2. The van der Waals surface area contributed by atoms with Crippen molar-refractivity contribution >= 4 is 11.8 Å². The molecule has 166 valence electrons. The monoisotopic (exact) mass is 440 g/mol. The fourth-order valence-corrected chi connectivity index (χ4v) is 3.44. The maximum Gasteiger partial charge on any atom is 0.387 e. The van der Waals surface area contributed by atoms with Crippen molar-refractivity contribution in [3.8, 4) is 11.5 Å². The van der Waals surface area contributed by atoms with Crippen LogP contribution in [0.25, 0.3) is 0 Å². The van der Waals surface area contributed by atoms with E-state index in [2.05, 4.69) is 20.1 Å². The van der Waals surface area contributed by atoms with Crippen molar-refractivity contribution in [1.82, 2.24) is 10.6 Å². The highest BCUT2D eigenvalue weighted by Gasteiger charge is 2.30. The minimum atomic E-state index is -3.00. The van der Waals surface area contributed by atoms with Gasteiger partial charge in [-0.15, -0.1) is 0 Å². The lowest BCUT2D eigenvalue weighted by Crippen LogP contribution is -2.48. The Balaban J connectivity index is 1.62. The van der Waals surface area contributed by atoms with E-state index < -0.39 is 25.0 Å². The highest BCUT2D eigenvalue weighted by molar-refractivity contribution is 5.96. The topological polar surface area (TPSA) is 76.7 Å². The first kappa shape index (κ1) is 22.4. The van der Waals surface area contributed by atoms with E-state index in [9.17, 15) is 27.2 Å². The first-order valence-corrected chi connectivity index (χ1v) is 9.53. The summed E-state index contributed by atoms with van der Waals surface area (Å²) in [5.41, 5.74) is 0.291. The molecule has 10 heteroatoms. The average Bonchev–Trinajstić information content (AvgIpc) is 3.14. The van der Waals surface area contributed by atoms with Gasteiger partial charge in [-0.1, -0.05) is 12.1 Å². The normalized spacial score (nSPS) is 18.1. The van der Waals surface area contributed by atoms with Gasteiger partial charge in [0.1, 0.15) is 11.5 Å². The van der Waals surface area contributed by atoms with Crippen molar-refractivity contribution in [2.24, 2.45) is 0 Å². The molecule has 0 aliphatic heterocycles. The molecule has 1 aliphatic carbocycles. The number of ether oxygens (including phenoxy) is 2. The Morgan fingerprint density at radius 2 is 1.19 bits per heavy atom. The third-order valence-corrected chi connectivity index (χ3v) is 4.79. The number of amides is 2. The molecule has 1 aliphatic rings. The molecule has 3 rings (SSSR count). The summed E-state index contributed by atoms with van der Waals surface area (Å²) in [5, 5.41) is 5.60. The molecule has 2 atom stereocenters.